The minimum absolute atomic E-state index is 0.136. The summed E-state index contributed by atoms with van der Waals surface area (Å²) in [6.07, 6.45) is 1.54. The number of hydrogen-bond donors (Lipinski definition) is 1. The Bertz CT molecular complexity index is 523. The van der Waals surface area contributed by atoms with Crippen LogP contribution in [-0.2, 0) is 6.42 Å². The van der Waals surface area contributed by atoms with E-state index >= 15 is 0 Å². The van der Waals surface area contributed by atoms with Crippen LogP contribution in [0, 0.1) is 0 Å². The molecule has 5 nitrogen and oxygen atoms in total. The third-order valence-corrected chi connectivity index (χ3v) is 2.68. The summed E-state index contributed by atoms with van der Waals surface area (Å²) in [7, 11) is 0. The number of aryl methyl sites for hydroxylation is 1. The first-order valence-corrected chi connectivity index (χ1v) is 6.50. The molecule has 1 heterocycles. The van der Waals surface area contributed by atoms with Crippen LogP contribution < -0.4 is 10.5 Å². The maximum atomic E-state index is 5.70. The first kappa shape index (κ1) is 13.5. The van der Waals surface area contributed by atoms with Gasteiger partial charge in [-0.2, -0.15) is 4.98 Å². The van der Waals surface area contributed by atoms with Crippen molar-refractivity contribution < 1.29 is 9.26 Å². The molecular formula is C14H19N3O2. The van der Waals surface area contributed by atoms with Gasteiger partial charge in [0.1, 0.15) is 5.75 Å². The zero-order valence-electron chi connectivity index (χ0n) is 11.3. The number of rotatable bonds is 6. The summed E-state index contributed by atoms with van der Waals surface area (Å²) in [6, 6.07) is 7.80. The van der Waals surface area contributed by atoms with Crippen LogP contribution >= 0.6 is 0 Å². The van der Waals surface area contributed by atoms with E-state index in [4.69, 9.17) is 15.0 Å². The van der Waals surface area contributed by atoms with Crippen molar-refractivity contribution in [1.29, 1.82) is 0 Å². The number of benzene rings is 1. The van der Waals surface area contributed by atoms with E-state index in [0.29, 0.717) is 24.7 Å². The third-order valence-electron chi connectivity index (χ3n) is 2.68. The summed E-state index contributed by atoms with van der Waals surface area (Å²) < 4.78 is 10.7. The third kappa shape index (κ3) is 3.79. The van der Waals surface area contributed by atoms with Gasteiger partial charge in [0.25, 0.3) is 0 Å². The normalized spacial score (nSPS) is 12.4. The molecule has 19 heavy (non-hydrogen) atoms. The molecule has 2 rings (SSSR count). The molecule has 1 aromatic carbocycles. The molecule has 0 fully saturated rings. The maximum absolute atomic E-state index is 5.70. The summed E-state index contributed by atoms with van der Waals surface area (Å²) in [5.74, 6) is 2.01. The molecule has 0 spiro atoms. The zero-order chi connectivity index (χ0) is 13.7. The van der Waals surface area contributed by atoms with Crippen molar-refractivity contribution in [3.05, 3.63) is 30.2 Å². The second-order valence-electron chi connectivity index (χ2n) is 4.49. The van der Waals surface area contributed by atoms with E-state index in [-0.39, 0.29) is 6.04 Å². The molecule has 0 aliphatic heterocycles. The van der Waals surface area contributed by atoms with E-state index in [0.717, 1.165) is 17.7 Å². The second kappa shape index (κ2) is 6.33. The topological polar surface area (TPSA) is 74.2 Å². The maximum Gasteiger partial charge on any atom is 0.227 e. The predicted molar refractivity (Wildman–Crippen MR) is 72.9 cm³/mol. The molecule has 0 aliphatic carbocycles. The predicted octanol–water partition coefficient (Wildman–Crippen LogP) is 2.42. The quantitative estimate of drug-likeness (QED) is 0.864. The molecule has 0 amide bonds. The van der Waals surface area contributed by atoms with Crippen molar-refractivity contribution in [1.82, 2.24) is 10.1 Å². The largest absolute Gasteiger partial charge is 0.494 e. The molecule has 0 saturated heterocycles. The van der Waals surface area contributed by atoms with E-state index in [1.54, 1.807) is 0 Å². The van der Waals surface area contributed by atoms with E-state index < -0.39 is 0 Å². The van der Waals surface area contributed by atoms with Gasteiger partial charge in [0, 0.05) is 18.0 Å². The van der Waals surface area contributed by atoms with E-state index in [9.17, 15) is 0 Å². The number of hydrogen-bond acceptors (Lipinski definition) is 5. The van der Waals surface area contributed by atoms with Crippen LogP contribution in [0.4, 0.5) is 0 Å². The monoisotopic (exact) mass is 261 g/mol. The minimum atomic E-state index is 0.136. The lowest BCUT2D eigenvalue weighted by Crippen LogP contribution is -2.15. The summed E-state index contributed by atoms with van der Waals surface area (Å²) in [4.78, 5) is 4.36. The Morgan fingerprint density at radius 2 is 2.26 bits per heavy atom. The van der Waals surface area contributed by atoms with Crippen LogP contribution in [0.5, 0.6) is 5.75 Å². The average Bonchev–Trinajstić information content (AvgIpc) is 2.86. The van der Waals surface area contributed by atoms with Crippen LogP contribution in [0.2, 0.25) is 0 Å². The van der Waals surface area contributed by atoms with E-state index in [1.165, 1.54) is 0 Å². The fourth-order valence-electron chi connectivity index (χ4n) is 1.72. The Labute approximate surface area is 112 Å². The molecule has 0 radical (unpaired) electrons. The van der Waals surface area contributed by atoms with Crippen molar-refractivity contribution in [2.24, 2.45) is 5.73 Å². The first-order chi connectivity index (χ1) is 9.19. The number of ether oxygens (including phenoxy) is 1. The SMILES string of the molecule is CCOc1cccc(-c2noc(CCC(C)N)n2)c1. The van der Waals surface area contributed by atoms with Crippen LogP contribution in [0.25, 0.3) is 11.4 Å². The Balaban J connectivity index is 2.11. The number of nitrogens with two attached hydrogens (primary N) is 1. The van der Waals surface area contributed by atoms with Gasteiger partial charge in [-0.25, -0.2) is 0 Å². The van der Waals surface area contributed by atoms with Crippen molar-refractivity contribution in [3.63, 3.8) is 0 Å². The van der Waals surface area contributed by atoms with Gasteiger partial charge in [0.2, 0.25) is 11.7 Å². The summed E-state index contributed by atoms with van der Waals surface area (Å²) in [5, 5.41) is 3.98. The van der Waals surface area contributed by atoms with Gasteiger partial charge >= 0.3 is 0 Å². The molecule has 2 N–H and O–H groups in total. The van der Waals surface area contributed by atoms with Crippen molar-refractivity contribution >= 4 is 0 Å². The fourth-order valence-corrected chi connectivity index (χ4v) is 1.72. The second-order valence-corrected chi connectivity index (χ2v) is 4.49. The highest BCUT2D eigenvalue weighted by molar-refractivity contribution is 5.56. The van der Waals surface area contributed by atoms with Crippen LogP contribution in [0.3, 0.4) is 0 Å². The lowest BCUT2D eigenvalue weighted by atomic mass is 10.2. The minimum Gasteiger partial charge on any atom is -0.494 e. The highest BCUT2D eigenvalue weighted by Crippen LogP contribution is 2.21. The Morgan fingerprint density at radius 1 is 1.42 bits per heavy atom. The molecule has 0 aliphatic rings. The van der Waals surface area contributed by atoms with Crippen LogP contribution in [0.15, 0.2) is 28.8 Å². The zero-order valence-corrected chi connectivity index (χ0v) is 11.3. The molecule has 2 aromatic rings. The van der Waals surface area contributed by atoms with Crippen molar-refractivity contribution in [2.75, 3.05) is 6.61 Å². The smallest absolute Gasteiger partial charge is 0.227 e. The molecular weight excluding hydrogens is 242 g/mol. The fraction of sp³-hybridized carbons (Fsp3) is 0.429. The van der Waals surface area contributed by atoms with Crippen LogP contribution in [0.1, 0.15) is 26.2 Å². The van der Waals surface area contributed by atoms with Crippen molar-refractivity contribution in [2.45, 2.75) is 32.7 Å². The Kier molecular flexibility index (Phi) is 4.52. The Morgan fingerprint density at radius 3 is 3.00 bits per heavy atom. The molecule has 102 valence electrons. The van der Waals surface area contributed by atoms with E-state index in [2.05, 4.69) is 10.1 Å². The standard InChI is InChI=1S/C14H19N3O2/c1-3-18-12-6-4-5-11(9-12)14-16-13(19-17-14)8-7-10(2)15/h4-6,9-10H,3,7-8,15H2,1-2H3. The first-order valence-electron chi connectivity index (χ1n) is 6.50. The average molecular weight is 261 g/mol. The highest BCUT2D eigenvalue weighted by atomic mass is 16.5. The van der Waals surface area contributed by atoms with E-state index in [1.807, 2.05) is 38.1 Å². The van der Waals surface area contributed by atoms with Gasteiger partial charge in [-0.3, -0.25) is 0 Å². The van der Waals surface area contributed by atoms with Gasteiger partial charge < -0.3 is 15.0 Å². The lowest BCUT2D eigenvalue weighted by molar-refractivity contribution is 0.340. The van der Waals surface area contributed by atoms with Gasteiger partial charge in [0.15, 0.2) is 0 Å². The molecule has 1 unspecified atom stereocenters. The van der Waals surface area contributed by atoms with Gasteiger partial charge in [-0.15, -0.1) is 0 Å². The molecule has 0 saturated carbocycles. The van der Waals surface area contributed by atoms with Crippen molar-refractivity contribution in [3.8, 4) is 17.1 Å². The summed E-state index contributed by atoms with van der Waals surface area (Å²) in [5.41, 5.74) is 6.60. The van der Waals surface area contributed by atoms with Gasteiger partial charge in [0.05, 0.1) is 6.61 Å². The molecule has 1 aromatic heterocycles. The Hall–Kier alpha value is -1.88. The highest BCUT2D eigenvalue weighted by Gasteiger charge is 2.09. The molecule has 1 atom stereocenters. The molecule has 5 heteroatoms. The van der Waals surface area contributed by atoms with Crippen LogP contribution in [-0.4, -0.2) is 22.8 Å². The summed E-state index contributed by atoms with van der Waals surface area (Å²) in [6.45, 7) is 4.55. The van der Waals surface area contributed by atoms with Gasteiger partial charge in [-0.1, -0.05) is 17.3 Å². The van der Waals surface area contributed by atoms with Gasteiger partial charge in [-0.05, 0) is 32.4 Å². The number of nitrogens with zero attached hydrogens (tertiary/aromatic N) is 2. The lowest BCUT2D eigenvalue weighted by Gasteiger charge is -2.03. The summed E-state index contributed by atoms with van der Waals surface area (Å²) >= 11 is 0. The number of aromatic nitrogens is 2. The molecule has 0 bridgehead atoms.